The first-order valence-electron chi connectivity index (χ1n) is 9.39. The molecule has 0 aliphatic carbocycles. The molecule has 148 valence electrons. The topological polar surface area (TPSA) is 75.7 Å². The van der Waals surface area contributed by atoms with Crippen molar-refractivity contribution in [1.82, 2.24) is 4.90 Å². The zero-order chi connectivity index (χ0) is 20.5. The standard InChI is InChI=1S/C22H26N2O4/c1-4-14-24(15-5-2)21(26)17-12-10-16(11-13-17)20(25)23-19-9-7-6-8-18(19)22(27)28-3/h6-13H,4-5,14-15H2,1-3H3,(H,23,25). The van der Waals surface area contributed by atoms with Crippen molar-refractivity contribution in [3.63, 3.8) is 0 Å². The second-order valence-corrected chi connectivity index (χ2v) is 6.36. The van der Waals surface area contributed by atoms with E-state index in [1.807, 2.05) is 18.7 Å². The highest BCUT2D eigenvalue weighted by molar-refractivity contribution is 6.08. The van der Waals surface area contributed by atoms with Gasteiger partial charge in [-0.25, -0.2) is 4.79 Å². The molecule has 0 bridgehead atoms. The lowest BCUT2D eigenvalue weighted by Crippen LogP contribution is -2.32. The minimum Gasteiger partial charge on any atom is -0.465 e. The van der Waals surface area contributed by atoms with Crippen LogP contribution >= 0.6 is 0 Å². The van der Waals surface area contributed by atoms with Crippen molar-refractivity contribution in [2.45, 2.75) is 26.7 Å². The zero-order valence-corrected chi connectivity index (χ0v) is 16.5. The second-order valence-electron chi connectivity index (χ2n) is 6.36. The van der Waals surface area contributed by atoms with Crippen LogP contribution in [0.1, 0.15) is 57.8 Å². The van der Waals surface area contributed by atoms with Gasteiger partial charge in [-0.05, 0) is 49.2 Å². The van der Waals surface area contributed by atoms with E-state index in [1.54, 1.807) is 48.5 Å². The van der Waals surface area contributed by atoms with Gasteiger partial charge in [0.15, 0.2) is 0 Å². The fraction of sp³-hybridized carbons (Fsp3) is 0.318. The molecule has 2 rings (SSSR count). The summed E-state index contributed by atoms with van der Waals surface area (Å²) in [7, 11) is 1.29. The van der Waals surface area contributed by atoms with Gasteiger partial charge < -0.3 is 15.0 Å². The lowest BCUT2D eigenvalue weighted by Gasteiger charge is -2.21. The van der Waals surface area contributed by atoms with Crippen LogP contribution in [0.5, 0.6) is 0 Å². The maximum atomic E-state index is 12.6. The molecule has 2 aromatic carbocycles. The van der Waals surface area contributed by atoms with Crippen molar-refractivity contribution < 1.29 is 19.1 Å². The third kappa shape index (κ3) is 5.19. The Labute approximate surface area is 165 Å². The highest BCUT2D eigenvalue weighted by atomic mass is 16.5. The number of anilines is 1. The first kappa shape index (κ1) is 21.2. The average molecular weight is 382 g/mol. The molecule has 0 atom stereocenters. The largest absolute Gasteiger partial charge is 0.465 e. The predicted molar refractivity (Wildman–Crippen MR) is 109 cm³/mol. The van der Waals surface area contributed by atoms with Gasteiger partial charge in [0.1, 0.15) is 0 Å². The molecule has 0 aliphatic heterocycles. The van der Waals surface area contributed by atoms with E-state index in [2.05, 4.69) is 5.32 Å². The molecule has 0 radical (unpaired) electrons. The number of hydrogen-bond donors (Lipinski definition) is 1. The minimum absolute atomic E-state index is 0.0355. The summed E-state index contributed by atoms with van der Waals surface area (Å²) < 4.78 is 4.74. The molecule has 0 aromatic heterocycles. The summed E-state index contributed by atoms with van der Waals surface area (Å²) in [6.45, 7) is 5.49. The Hall–Kier alpha value is -3.15. The molecule has 0 spiro atoms. The van der Waals surface area contributed by atoms with E-state index < -0.39 is 5.97 Å². The number of nitrogens with zero attached hydrogens (tertiary/aromatic N) is 1. The van der Waals surface area contributed by atoms with Gasteiger partial charge in [-0.2, -0.15) is 0 Å². The van der Waals surface area contributed by atoms with Crippen molar-refractivity contribution in [2.24, 2.45) is 0 Å². The van der Waals surface area contributed by atoms with E-state index >= 15 is 0 Å². The molecule has 0 aliphatic rings. The summed E-state index contributed by atoms with van der Waals surface area (Å²) in [6, 6.07) is 13.2. The number of para-hydroxylation sites is 1. The number of nitrogens with one attached hydrogen (secondary N) is 1. The van der Waals surface area contributed by atoms with Crippen LogP contribution in [0.4, 0.5) is 5.69 Å². The van der Waals surface area contributed by atoms with Gasteiger partial charge in [0.2, 0.25) is 0 Å². The molecular weight excluding hydrogens is 356 g/mol. The number of esters is 1. The van der Waals surface area contributed by atoms with E-state index in [0.29, 0.717) is 29.9 Å². The number of rotatable bonds is 8. The quantitative estimate of drug-likeness (QED) is 0.701. The van der Waals surface area contributed by atoms with Gasteiger partial charge in [-0.1, -0.05) is 26.0 Å². The lowest BCUT2D eigenvalue weighted by atomic mass is 10.1. The molecule has 2 amide bonds. The van der Waals surface area contributed by atoms with Gasteiger partial charge >= 0.3 is 5.97 Å². The van der Waals surface area contributed by atoms with E-state index in [-0.39, 0.29) is 17.4 Å². The van der Waals surface area contributed by atoms with Gasteiger partial charge in [-0.3, -0.25) is 9.59 Å². The van der Waals surface area contributed by atoms with Crippen molar-refractivity contribution in [3.8, 4) is 0 Å². The lowest BCUT2D eigenvalue weighted by molar-refractivity contribution is 0.0601. The Kier molecular flexibility index (Phi) is 7.75. The third-order valence-electron chi connectivity index (χ3n) is 4.25. The van der Waals surface area contributed by atoms with Gasteiger partial charge in [0.25, 0.3) is 11.8 Å². The third-order valence-corrected chi connectivity index (χ3v) is 4.25. The van der Waals surface area contributed by atoms with Crippen LogP contribution in [0.3, 0.4) is 0 Å². The van der Waals surface area contributed by atoms with Gasteiger partial charge in [0.05, 0.1) is 18.4 Å². The van der Waals surface area contributed by atoms with Crippen molar-refractivity contribution in [2.75, 3.05) is 25.5 Å². The van der Waals surface area contributed by atoms with Gasteiger partial charge in [0, 0.05) is 24.2 Å². The van der Waals surface area contributed by atoms with Crippen LogP contribution in [-0.2, 0) is 4.74 Å². The number of benzene rings is 2. The minimum atomic E-state index is -0.524. The van der Waals surface area contributed by atoms with Crippen molar-refractivity contribution in [3.05, 3.63) is 65.2 Å². The molecule has 6 heteroatoms. The number of carbonyl (C=O) groups excluding carboxylic acids is 3. The molecule has 2 aromatic rings. The van der Waals surface area contributed by atoms with Crippen LogP contribution in [-0.4, -0.2) is 42.9 Å². The Morgan fingerprint density at radius 1 is 0.893 bits per heavy atom. The fourth-order valence-corrected chi connectivity index (χ4v) is 2.88. The normalized spacial score (nSPS) is 10.2. The Morgan fingerprint density at radius 2 is 1.46 bits per heavy atom. The molecule has 0 fully saturated rings. The second kappa shape index (κ2) is 10.3. The highest BCUT2D eigenvalue weighted by Gasteiger charge is 2.17. The number of hydrogen-bond acceptors (Lipinski definition) is 4. The Bertz CT molecular complexity index is 825. The molecule has 6 nitrogen and oxygen atoms in total. The monoisotopic (exact) mass is 382 g/mol. The average Bonchev–Trinajstić information content (AvgIpc) is 2.73. The number of ether oxygens (including phenoxy) is 1. The first-order valence-corrected chi connectivity index (χ1v) is 9.39. The summed E-state index contributed by atoms with van der Waals surface area (Å²) >= 11 is 0. The zero-order valence-electron chi connectivity index (χ0n) is 16.5. The van der Waals surface area contributed by atoms with E-state index in [0.717, 1.165) is 12.8 Å². The van der Waals surface area contributed by atoms with E-state index in [1.165, 1.54) is 7.11 Å². The van der Waals surface area contributed by atoms with Crippen LogP contribution in [0.2, 0.25) is 0 Å². The predicted octanol–water partition coefficient (Wildman–Crippen LogP) is 3.99. The van der Waals surface area contributed by atoms with Crippen LogP contribution in [0, 0.1) is 0 Å². The van der Waals surface area contributed by atoms with Crippen LogP contribution < -0.4 is 5.32 Å². The summed E-state index contributed by atoms with van der Waals surface area (Å²) in [5.41, 5.74) is 1.60. The smallest absolute Gasteiger partial charge is 0.339 e. The summed E-state index contributed by atoms with van der Waals surface area (Å²) in [5.74, 6) is -0.926. The Balaban J connectivity index is 2.14. The van der Waals surface area contributed by atoms with E-state index in [4.69, 9.17) is 4.74 Å². The maximum Gasteiger partial charge on any atom is 0.339 e. The molecule has 1 N–H and O–H groups in total. The number of amides is 2. The van der Waals surface area contributed by atoms with E-state index in [9.17, 15) is 14.4 Å². The van der Waals surface area contributed by atoms with Crippen LogP contribution in [0.25, 0.3) is 0 Å². The summed E-state index contributed by atoms with van der Waals surface area (Å²) in [4.78, 5) is 38.8. The summed E-state index contributed by atoms with van der Waals surface area (Å²) in [5, 5.41) is 2.72. The first-order chi connectivity index (χ1) is 13.5. The fourth-order valence-electron chi connectivity index (χ4n) is 2.88. The van der Waals surface area contributed by atoms with Crippen molar-refractivity contribution in [1.29, 1.82) is 0 Å². The molecule has 0 heterocycles. The SMILES string of the molecule is CCCN(CCC)C(=O)c1ccc(C(=O)Nc2ccccc2C(=O)OC)cc1. The van der Waals surface area contributed by atoms with Crippen molar-refractivity contribution >= 4 is 23.5 Å². The number of methoxy groups -OCH3 is 1. The molecule has 28 heavy (non-hydrogen) atoms. The Morgan fingerprint density at radius 3 is 2.04 bits per heavy atom. The molecule has 0 unspecified atom stereocenters. The maximum absolute atomic E-state index is 12.6. The number of carbonyl (C=O) groups is 3. The summed E-state index contributed by atoms with van der Waals surface area (Å²) in [6.07, 6.45) is 1.79. The molecule has 0 saturated heterocycles. The molecular formula is C22H26N2O4. The highest BCUT2D eigenvalue weighted by Crippen LogP contribution is 2.18. The molecule has 0 saturated carbocycles. The van der Waals surface area contributed by atoms with Gasteiger partial charge in [-0.15, -0.1) is 0 Å². The van der Waals surface area contributed by atoms with Crippen LogP contribution in [0.15, 0.2) is 48.5 Å².